The third kappa shape index (κ3) is 1.89. The van der Waals surface area contributed by atoms with Gasteiger partial charge in [-0.25, -0.2) is 4.98 Å². The molecule has 0 saturated carbocycles. The molecule has 0 saturated heterocycles. The molecule has 0 radical (unpaired) electrons. The molecule has 102 valence electrons. The van der Waals surface area contributed by atoms with Gasteiger partial charge in [0.05, 0.1) is 23.4 Å². The standard InChI is InChI=1S/C14H13N3O2S/c1-7-8(2)20-12(16-7)6-17-13(18)10-4-3-9(15)5-11(10)14(17)19/h3-5H,6,15H2,1-2H3. The van der Waals surface area contributed by atoms with E-state index in [0.29, 0.717) is 16.8 Å². The third-order valence-electron chi connectivity index (χ3n) is 3.36. The van der Waals surface area contributed by atoms with Crippen molar-refractivity contribution < 1.29 is 9.59 Å². The van der Waals surface area contributed by atoms with Crippen LogP contribution < -0.4 is 5.73 Å². The first-order valence-corrected chi connectivity index (χ1v) is 6.97. The lowest BCUT2D eigenvalue weighted by Gasteiger charge is -2.11. The van der Waals surface area contributed by atoms with Crippen LogP contribution in [0, 0.1) is 13.8 Å². The Morgan fingerprint density at radius 2 is 1.90 bits per heavy atom. The van der Waals surface area contributed by atoms with Crippen molar-refractivity contribution in [1.29, 1.82) is 0 Å². The number of thiazole rings is 1. The van der Waals surface area contributed by atoms with Gasteiger partial charge >= 0.3 is 0 Å². The Bertz CT molecular complexity index is 717. The first kappa shape index (κ1) is 12.8. The van der Waals surface area contributed by atoms with Gasteiger partial charge in [-0.15, -0.1) is 11.3 Å². The molecule has 0 spiro atoms. The van der Waals surface area contributed by atoms with Gasteiger partial charge in [0.25, 0.3) is 11.8 Å². The van der Waals surface area contributed by atoms with Crippen molar-refractivity contribution in [2.75, 3.05) is 5.73 Å². The number of fused-ring (bicyclic) bond motifs is 1. The summed E-state index contributed by atoms with van der Waals surface area (Å²) in [5.41, 5.74) is 7.87. The highest BCUT2D eigenvalue weighted by atomic mass is 32.1. The van der Waals surface area contributed by atoms with E-state index in [-0.39, 0.29) is 18.4 Å². The number of benzene rings is 1. The Balaban J connectivity index is 1.93. The predicted molar refractivity (Wildman–Crippen MR) is 76.6 cm³/mol. The molecule has 1 aromatic heterocycles. The van der Waals surface area contributed by atoms with E-state index in [1.165, 1.54) is 16.2 Å². The molecule has 1 aromatic carbocycles. The van der Waals surface area contributed by atoms with Crippen molar-refractivity contribution in [3.63, 3.8) is 0 Å². The fourth-order valence-corrected chi connectivity index (χ4v) is 3.12. The summed E-state index contributed by atoms with van der Waals surface area (Å²) in [5.74, 6) is -0.585. The second kappa shape index (κ2) is 4.42. The van der Waals surface area contributed by atoms with Crippen LogP contribution in [-0.2, 0) is 6.54 Å². The number of carbonyl (C=O) groups is 2. The number of nitrogens with two attached hydrogens (primary N) is 1. The van der Waals surface area contributed by atoms with Gasteiger partial charge in [-0.1, -0.05) is 0 Å². The summed E-state index contributed by atoms with van der Waals surface area (Å²) in [6, 6.07) is 4.78. The number of carbonyl (C=O) groups excluding carboxylic acids is 2. The fraction of sp³-hybridized carbons (Fsp3) is 0.214. The number of anilines is 1. The Morgan fingerprint density at radius 1 is 1.20 bits per heavy atom. The molecule has 3 rings (SSSR count). The highest BCUT2D eigenvalue weighted by Gasteiger charge is 2.36. The summed E-state index contributed by atoms with van der Waals surface area (Å²) in [6.07, 6.45) is 0. The van der Waals surface area contributed by atoms with Crippen molar-refractivity contribution in [3.05, 3.63) is 44.9 Å². The molecule has 1 aliphatic rings. The van der Waals surface area contributed by atoms with Gasteiger partial charge in [-0.3, -0.25) is 14.5 Å². The molecule has 0 atom stereocenters. The van der Waals surface area contributed by atoms with Crippen LogP contribution in [0.5, 0.6) is 0 Å². The van der Waals surface area contributed by atoms with Crippen LogP contribution >= 0.6 is 11.3 Å². The number of imide groups is 1. The van der Waals surface area contributed by atoms with Crippen LogP contribution in [0.25, 0.3) is 0 Å². The third-order valence-corrected chi connectivity index (χ3v) is 4.42. The van der Waals surface area contributed by atoms with Crippen molar-refractivity contribution in [2.24, 2.45) is 0 Å². The number of nitrogens with zero attached hydrogens (tertiary/aromatic N) is 2. The number of hydrogen-bond acceptors (Lipinski definition) is 5. The van der Waals surface area contributed by atoms with E-state index in [4.69, 9.17) is 5.73 Å². The van der Waals surface area contributed by atoms with E-state index in [1.807, 2.05) is 13.8 Å². The fourth-order valence-electron chi connectivity index (χ4n) is 2.19. The highest BCUT2D eigenvalue weighted by Crippen LogP contribution is 2.27. The Labute approximate surface area is 120 Å². The lowest BCUT2D eigenvalue weighted by molar-refractivity contribution is 0.0642. The molecule has 5 nitrogen and oxygen atoms in total. The number of aryl methyl sites for hydroxylation is 2. The molecule has 20 heavy (non-hydrogen) atoms. The van der Waals surface area contributed by atoms with E-state index in [9.17, 15) is 9.59 Å². The lowest BCUT2D eigenvalue weighted by Crippen LogP contribution is -2.29. The Hall–Kier alpha value is -2.21. The molecule has 1 aliphatic heterocycles. The zero-order chi connectivity index (χ0) is 14.4. The minimum atomic E-state index is -0.303. The molecular formula is C14H13N3O2S. The minimum absolute atomic E-state index is 0.214. The summed E-state index contributed by atoms with van der Waals surface area (Å²) < 4.78 is 0. The van der Waals surface area contributed by atoms with Gasteiger partial charge < -0.3 is 5.73 Å². The number of aromatic nitrogens is 1. The van der Waals surface area contributed by atoms with Crippen LogP contribution in [0.15, 0.2) is 18.2 Å². The molecule has 0 bridgehead atoms. The first-order valence-electron chi connectivity index (χ1n) is 6.16. The van der Waals surface area contributed by atoms with Crippen molar-refractivity contribution in [1.82, 2.24) is 9.88 Å². The molecule has 2 N–H and O–H groups in total. The molecule has 6 heteroatoms. The van der Waals surface area contributed by atoms with Gasteiger partial charge in [0.2, 0.25) is 0 Å². The van der Waals surface area contributed by atoms with Gasteiger partial charge in [0, 0.05) is 10.6 Å². The number of amides is 2. The SMILES string of the molecule is Cc1nc(CN2C(=O)c3ccc(N)cc3C2=O)sc1C. The van der Waals surface area contributed by atoms with Gasteiger partial charge in [0.15, 0.2) is 0 Å². The van der Waals surface area contributed by atoms with Crippen LogP contribution in [0.2, 0.25) is 0 Å². The van der Waals surface area contributed by atoms with E-state index in [0.717, 1.165) is 15.6 Å². The molecule has 0 fully saturated rings. The second-order valence-electron chi connectivity index (χ2n) is 4.75. The van der Waals surface area contributed by atoms with E-state index in [1.54, 1.807) is 18.2 Å². The second-order valence-corrected chi connectivity index (χ2v) is 6.04. The molecule has 2 heterocycles. The lowest BCUT2D eigenvalue weighted by atomic mass is 10.1. The summed E-state index contributed by atoms with van der Waals surface area (Å²) in [6.45, 7) is 4.10. The molecule has 0 unspecified atom stereocenters. The van der Waals surface area contributed by atoms with Crippen LogP contribution in [0.3, 0.4) is 0 Å². The normalized spacial score (nSPS) is 14.0. The molecular weight excluding hydrogens is 274 g/mol. The summed E-state index contributed by atoms with van der Waals surface area (Å²) in [5, 5.41) is 0.766. The van der Waals surface area contributed by atoms with Gasteiger partial charge in [-0.05, 0) is 32.0 Å². The summed E-state index contributed by atoms with van der Waals surface area (Å²) in [7, 11) is 0. The zero-order valence-corrected chi connectivity index (χ0v) is 12.0. The number of nitrogen functional groups attached to an aromatic ring is 1. The van der Waals surface area contributed by atoms with Crippen molar-refractivity contribution in [3.8, 4) is 0 Å². The van der Waals surface area contributed by atoms with Crippen molar-refractivity contribution >= 4 is 28.8 Å². The minimum Gasteiger partial charge on any atom is -0.399 e. The average Bonchev–Trinajstić information content (AvgIpc) is 2.83. The van der Waals surface area contributed by atoms with E-state index in [2.05, 4.69) is 4.98 Å². The summed E-state index contributed by atoms with van der Waals surface area (Å²) in [4.78, 5) is 31.2. The number of hydrogen-bond donors (Lipinski definition) is 1. The first-order chi connectivity index (χ1) is 9.47. The maximum absolute atomic E-state index is 12.3. The highest BCUT2D eigenvalue weighted by molar-refractivity contribution is 7.11. The molecule has 0 aliphatic carbocycles. The van der Waals surface area contributed by atoms with Gasteiger partial charge in [0.1, 0.15) is 5.01 Å². The van der Waals surface area contributed by atoms with Gasteiger partial charge in [-0.2, -0.15) is 0 Å². The maximum Gasteiger partial charge on any atom is 0.262 e. The topological polar surface area (TPSA) is 76.3 Å². The average molecular weight is 287 g/mol. The molecule has 2 amide bonds. The van der Waals surface area contributed by atoms with Crippen LogP contribution in [0.1, 0.15) is 36.3 Å². The van der Waals surface area contributed by atoms with Crippen LogP contribution in [0.4, 0.5) is 5.69 Å². The van der Waals surface area contributed by atoms with E-state index < -0.39 is 0 Å². The monoisotopic (exact) mass is 287 g/mol. The zero-order valence-electron chi connectivity index (χ0n) is 11.1. The number of rotatable bonds is 2. The van der Waals surface area contributed by atoms with Crippen LogP contribution in [-0.4, -0.2) is 21.7 Å². The Kier molecular flexibility index (Phi) is 2.83. The predicted octanol–water partition coefficient (Wildman–Crippen LogP) is 2.14. The van der Waals surface area contributed by atoms with E-state index >= 15 is 0 Å². The quantitative estimate of drug-likeness (QED) is 0.678. The smallest absolute Gasteiger partial charge is 0.262 e. The molecule has 2 aromatic rings. The largest absolute Gasteiger partial charge is 0.399 e. The van der Waals surface area contributed by atoms with Crippen molar-refractivity contribution in [2.45, 2.75) is 20.4 Å². The maximum atomic E-state index is 12.3. The summed E-state index contributed by atoms with van der Waals surface area (Å²) >= 11 is 1.51. The Morgan fingerprint density at radius 3 is 2.55 bits per heavy atom.